The Hall–Kier alpha value is -2.87. The molecule has 2 amide bonds. The average Bonchev–Trinajstić information content (AvgIpc) is 2.60. The molecule has 2 aromatic carbocycles. The van der Waals surface area contributed by atoms with E-state index in [2.05, 4.69) is 21.2 Å². The molecule has 0 atom stereocenters. The van der Waals surface area contributed by atoms with Gasteiger partial charge in [0, 0.05) is 4.47 Å². The van der Waals surface area contributed by atoms with Gasteiger partial charge in [-0.1, -0.05) is 28.1 Å². The Labute approximate surface area is 151 Å². The van der Waals surface area contributed by atoms with Gasteiger partial charge in [-0.15, -0.1) is 0 Å². The van der Waals surface area contributed by atoms with Crippen LogP contribution in [0.25, 0.3) is 0 Å². The van der Waals surface area contributed by atoms with Crippen molar-refractivity contribution >= 4 is 45.1 Å². The van der Waals surface area contributed by atoms with Gasteiger partial charge in [0.1, 0.15) is 17.9 Å². The Morgan fingerprint density at radius 2 is 2.00 bits per heavy atom. The van der Waals surface area contributed by atoms with Crippen LogP contribution in [0.3, 0.4) is 0 Å². The summed E-state index contributed by atoms with van der Waals surface area (Å²) in [6.45, 7) is -0.706. The van der Waals surface area contributed by atoms with Crippen LogP contribution in [0.5, 0.6) is 5.75 Å². The molecule has 0 unspecified atom stereocenters. The molecular weight excluding hydrogens is 392 g/mol. The quantitative estimate of drug-likeness (QED) is 0.765. The molecule has 7 nitrogen and oxygen atoms in total. The van der Waals surface area contributed by atoms with Gasteiger partial charge in [-0.3, -0.25) is 14.5 Å². The van der Waals surface area contributed by atoms with E-state index in [1.54, 1.807) is 30.3 Å². The number of ether oxygens (including phenoxy) is 1. The Balaban J connectivity index is 1.72. The summed E-state index contributed by atoms with van der Waals surface area (Å²) in [5.41, 5.74) is 0.996. The van der Waals surface area contributed by atoms with Gasteiger partial charge in [-0.05, 0) is 30.3 Å². The zero-order valence-corrected chi connectivity index (χ0v) is 14.4. The van der Waals surface area contributed by atoms with Crippen molar-refractivity contribution in [1.29, 1.82) is 0 Å². The first-order valence-electron chi connectivity index (χ1n) is 7.30. The highest BCUT2D eigenvalue weighted by Crippen LogP contribution is 2.29. The van der Waals surface area contributed by atoms with Gasteiger partial charge in [0.2, 0.25) is 5.91 Å². The van der Waals surface area contributed by atoms with Gasteiger partial charge in [-0.25, -0.2) is 4.79 Å². The number of phenols is 1. The van der Waals surface area contributed by atoms with Crippen LogP contribution in [0, 0.1) is 0 Å². The first-order valence-corrected chi connectivity index (χ1v) is 8.10. The molecule has 25 heavy (non-hydrogen) atoms. The van der Waals surface area contributed by atoms with Crippen LogP contribution < -0.4 is 10.2 Å². The van der Waals surface area contributed by atoms with E-state index < -0.39 is 18.5 Å². The Morgan fingerprint density at radius 3 is 2.80 bits per heavy atom. The molecule has 128 valence electrons. The normalized spacial score (nSPS) is 13.0. The van der Waals surface area contributed by atoms with E-state index in [9.17, 15) is 19.5 Å². The summed E-state index contributed by atoms with van der Waals surface area (Å²) in [6, 6.07) is 11.2. The molecule has 1 aliphatic rings. The highest BCUT2D eigenvalue weighted by molar-refractivity contribution is 9.10. The summed E-state index contributed by atoms with van der Waals surface area (Å²) in [7, 11) is 0. The fourth-order valence-electron chi connectivity index (χ4n) is 2.41. The monoisotopic (exact) mass is 404 g/mol. The lowest BCUT2D eigenvalue weighted by molar-refractivity contribution is -0.124. The number of esters is 1. The Morgan fingerprint density at radius 1 is 1.24 bits per heavy atom. The molecule has 3 rings (SSSR count). The van der Waals surface area contributed by atoms with E-state index in [0.717, 1.165) is 0 Å². The van der Waals surface area contributed by atoms with Gasteiger partial charge in [0.25, 0.3) is 5.91 Å². The maximum atomic E-state index is 12.4. The third-order valence-corrected chi connectivity index (χ3v) is 4.07. The molecule has 2 N–H and O–H groups in total. The van der Waals surface area contributed by atoms with Crippen molar-refractivity contribution in [2.45, 2.75) is 0 Å². The standard InChI is InChI=1S/C17H13BrN2O5/c18-10-5-6-14(21)11(7-10)17(24)25-9-16(23)20-8-15(22)19-12-3-1-2-4-13(12)20/h1-7,21H,8-9H2,(H,19,22). The number of anilines is 2. The molecule has 0 radical (unpaired) electrons. The molecule has 0 fully saturated rings. The minimum absolute atomic E-state index is 0.0565. The smallest absolute Gasteiger partial charge is 0.342 e. The number of hydrogen-bond acceptors (Lipinski definition) is 5. The molecule has 8 heteroatoms. The molecule has 0 saturated carbocycles. The first-order chi connectivity index (χ1) is 12.0. The van der Waals surface area contributed by atoms with Crippen LogP contribution in [0.2, 0.25) is 0 Å². The SMILES string of the molecule is O=C1CN(C(=O)COC(=O)c2cc(Br)ccc2O)c2ccccc2N1. The summed E-state index contributed by atoms with van der Waals surface area (Å²) < 4.78 is 5.57. The number of hydrogen-bond donors (Lipinski definition) is 2. The molecule has 0 bridgehead atoms. The van der Waals surface area contributed by atoms with E-state index in [1.165, 1.54) is 17.0 Å². The van der Waals surface area contributed by atoms with E-state index in [1.807, 2.05) is 0 Å². The number of nitrogens with zero attached hydrogens (tertiary/aromatic N) is 1. The predicted octanol–water partition coefficient (Wildman–Crippen LogP) is 2.30. The summed E-state index contributed by atoms with van der Waals surface area (Å²) in [4.78, 5) is 37.4. The number of fused-ring (bicyclic) bond motifs is 1. The van der Waals surface area contributed by atoms with Crippen LogP contribution in [0.1, 0.15) is 10.4 Å². The van der Waals surface area contributed by atoms with Gasteiger partial charge in [0.15, 0.2) is 6.61 Å². The van der Waals surface area contributed by atoms with Crippen molar-refractivity contribution in [2.24, 2.45) is 0 Å². The number of rotatable bonds is 3. The molecule has 0 aliphatic carbocycles. The number of aromatic hydroxyl groups is 1. The largest absolute Gasteiger partial charge is 0.507 e. The number of para-hydroxylation sites is 2. The number of phenolic OH excluding ortho intramolecular Hbond substituents is 1. The van der Waals surface area contributed by atoms with Crippen LogP contribution in [-0.2, 0) is 14.3 Å². The fourth-order valence-corrected chi connectivity index (χ4v) is 2.77. The molecule has 0 spiro atoms. The van der Waals surface area contributed by atoms with E-state index >= 15 is 0 Å². The number of benzene rings is 2. The van der Waals surface area contributed by atoms with Gasteiger partial charge >= 0.3 is 5.97 Å². The second-order valence-corrected chi connectivity index (χ2v) is 6.20. The topological polar surface area (TPSA) is 95.9 Å². The summed E-state index contributed by atoms with van der Waals surface area (Å²) >= 11 is 3.19. The van der Waals surface area contributed by atoms with E-state index in [4.69, 9.17) is 4.74 Å². The van der Waals surface area contributed by atoms with Gasteiger partial charge in [-0.2, -0.15) is 0 Å². The highest BCUT2D eigenvalue weighted by atomic mass is 79.9. The molecule has 0 saturated heterocycles. The molecule has 0 aromatic heterocycles. The second-order valence-electron chi connectivity index (χ2n) is 5.28. The number of carbonyl (C=O) groups is 3. The predicted molar refractivity (Wildman–Crippen MR) is 93.5 cm³/mol. The van der Waals surface area contributed by atoms with Gasteiger partial charge < -0.3 is 15.2 Å². The van der Waals surface area contributed by atoms with E-state index in [-0.39, 0.29) is 23.8 Å². The minimum Gasteiger partial charge on any atom is -0.507 e. The van der Waals surface area contributed by atoms with Crippen LogP contribution >= 0.6 is 15.9 Å². The summed E-state index contributed by atoms with van der Waals surface area (Å²) in [6.07, 6.45) is 0. The number of nitrogens with one attached hydrogen (secondary N) is 1. The number of carbonyl (C=O) groups excluding carboxylic acids is 3. The summed E-state index contributed by atoms with van der Waals surface area (Å²) in [5, 5.41) is 12.4. The lowest BCUT2D eigenvalue weighted by Gasteiger charge is -2.28. The maximum absolute atomic E-state index is 12.4. The van der Waals surface area contributed by atoms with Crippen molar-refractivity contribution in [3.05, 3.63) is 52.5 Å². The molecule has 1 heterocycles. The molecule has 2 aromatic rings. The lowest BCUT2D eigenvalue weighted by atomic mass is 10.2. The molecule has 1 aliphatic heterocycles. The summed E-state index contributed by atoms with van der Waals surface area (Å²) in [5.74, 6) is -1.95. The van der Waals surface area contributed by atoms with Crippen molar-refractivity contribution < 1.29 is 24.2 Å². The Kier molecular flexibility index (Phi) is 4.71. The zero-order chi connectivity index (χ0) is 18.0. The van der Waals surface area contributed by atoms with Crippen molar-refractivity contribution in [1.82, 2.24) is 0 Å². The minimum atomic E-state index is -0.832. The first kappa shape index (κ1) is 17.0. The fraction of sp³-hybridized carbons (Fsp3) is 0.118. The second kappa shape index (κ2) is 6.94. The van der Waals surface area contributed by atoms with Crippen molar-refractivity contribution in [3.63, 3.8) is 0 Å². The Bertz CT molecular complexity index is 868. The molecular formula is C17H13BrN2O5. The van der Waals surface area contributed by atoms with Crippen molar-refractivity contribution in [2.75, 3.05) is 23.4 Å². The van der Waals surface area contributed by atoms with Crippen LogP contribution in [0.4, 0.5) is 11.4 Å². The maximum Gasteiger partial charge on any atom is 0.342 e. The van der Waals surface area contributed by atoms with Crippen LogP contribution in [-0.4, -0.2) is 36.0 Å². The third-order valence-electron chi connectivity index (χ3n) is 3.58. The van der Waals surface area contributed by atoms with Crippen molar-refractivity contribution in [3.8, 4) is 5.75 Å². The van der Waals surface area contributed by atoms with E-state index in [0.29, 0.717) is 15.8 Å². The highest BCUT2D eigenvalue weighted by Gasteiger charge is 2.27. The zero-order valence-electron chi connectivity index (χ0n) is 12.9. The lowest BCUT2D eigenvalue weighted by Crippen LogP contribution is -2.44. The number of amides is 2. The van der Waals surface area contributed by atoms with Crippen LogP contribution in [0.15, 0.2) is 46.9 Å². The average molecular weight is 405 g/mol. The third kappa shape index (κ3) is 3.63. The number of halogens is 1. The van der Waals surface area contributed by atoms with Gasteiger partial charge in [0.05, 0.1) is 11.4 Å².